The summed E-state index contributed by atoms with van der Waals surface area (Å²) in [5.74, 6) is 0.310. The predicted octanol–water partition coefficient (Wildman–Crippen LogP) is -0.372. The molecule has 7 heteroatoms. The molecular weight excluding hydrogens is 260 g/mol. The molecule has 112 valence electrons. The van der Waals surface area contributed by atoms with E-state index in [1.54, 1.807) is 0 Å². The second-order valence-corrected chi connectivity index (χ2v) is 4.73. The smallest absolute Gasteiger partial charge is 0.273 e. The van der Waals surface area contributed by atoms with E-state index in [1.807, 2.05) is 0 Å². The number of hydrogen-bond acceptors (Lipinski definition) is 6. The van der Waals surface area contributed by atoms with Crippen LogP contribution in [0.1, 0.15) is 22.8 Å². The van der Waals surface area contributed by atoms with Gasteiger partial charge in [0.2, 0.25) is 0 Å². The van der Waals surface area contributed by atoms with E-state index in [1.165, 1.54) is 6.26 Å². The minimum absolute atomic E-state index is 0.195. The van der Waals surface area contributed by atoms with Crippen LogP contribution in [-0.4, -0.2) is 61.7 Å². The summed E-state index contributed by atoms with van der Waals surface area (Å²) in [5.41, 5.74) is 5.72. The van der Waals surface area contributed by atoms with E-state index in [4.69, 9.17) is 14.9 Å². The van der Waals surface area contributed by atoms with Crippen molar-refractivity contribution in [3.63, 3.8) is 0 Å². The molecule has 0 aliphatic carbocycles. The maximum Gasteiger partial charge on any atom is 0.273 e. The summed E-state index contributed by atoms with van der Waals surface area (Å²) in [7, 11) is 0. The Morgan fingerprint density at radius 3 is 3.00 bits per heavy atom. The highest BCUT2D eigenvalue weighted by Gasteiger charge is 2.12. The van der Waals surface area contributed by atoms with E-state index >= 15 is 0 Å². The molecule has 0 radical (unpaired) electrons. The van der Waals surface area contributed by atoms with Crippen molar-refractivity contribution >= 4 is 5.91 Å². The number of hydrogen-bond donors (Lipinski definition) is 2. The van der Waals surface area contributed by atoms with Crippen molar-refractivity contribution in [1.82, 2.24) is 15.2 Å². The van der Waals surface area contributed by atoms with Gasteiger partial charge in [0.15, 0.2) is 11.6 Å². The number of ether oxygens (including phenoxy) is 1. The Morgan fingerprint density at radius 1 is 1.45 bits per heavy atom. The molecule has 1 aromatic heterocycles. The minimum atomic E-state index is -0.195. The Kier molecular flexibility index (Phi) is 5.97. The largest absolute Gasteiger partial charge is 0.448 e. The van der Waals surface area contributed by atoms with Crippen LogP contribution in [0.15, 0.2) is 10.7 Å². The quantitative estimate of drug-likeness (QED) is 0.663. The Hall–Kier alpha value is -1.44. The van der Waals surface area contributed by atoms with Crippen LogP contribution >= 0.6 is 0 Å². The Morgan fingerprint density at radius 2 is 2.25 bits per heavy atom. The topological polar surface area (TPSA) is 93.6 Å². The lowest BCUT2D eigenvalue weighted by atomic mass is 10.3. The predicted molar refractivity (Wildman–Crippen MR) is 73.5 cm³/mol. The minimum Gasteiger partial charge on any atom is -0.448 e. The zero-order chi connectivity index (χ0) is 14.2. The fourth-order valence-corrected chi connectivity index (χ4v) is 2.07. The summed E-state index contributed by atoms with van der Waals surface area (Å²) in [6.07, 6.45) is 2.84. The van der Waals surface area contributed by atoms with Crippen LogP contribution in [-0.2, 0) is 11.2 Å². The zero-order valence-electron chi connectivity index (χ0n) is 11.6. The molecule has 0 atom stereocenters. The van der Waals surface area contributed by atoms with Crippen LogP contribution in [0, 0.1) is 0 Å². The molecule has 20 heavy (non-hydrogen) atoms. The molecule has 2 rings (SSSR count). The molecule has 0 saturated carbocycles. The molecule has 7 nitrogen and oxygen atoms in total. The third kappa shape index (κ3) is 4.59. The van der Waals surface area contributed by atoms with Crippen molar-refractivity contribution < 1.29 is 13.9 Å². The first kappa shape index (κ1) is 15.0. The summed E-state index contributed by atoms with van der Waals surface area (Å²) in [4.78, 5) is 18.2. The number of carbonyl (C=O) groups excluding carboxylic acids is 1. The third-order valence-corrected chi connectivity index (χ3v) is 3.18. The molecule has 0 spiro atoms. The maximum atomic E-state index is 11.8. The molecule has 0 unspecified atom stereocenters. The highest BCUT2D eigenvalue weighted by Crippen LogP contribution is 2.02. The van der Waals surface area contributed by atoms with E-state index in [0.717, 1.165) is 39.3 Å². The van der Waals surface area contributed by atoms with Gasteiger partial charge >= 0.3 is 0 Å². The Labute approximate surface area is 118 Å². The van der Waals surface area contributed by atoms with Crippen molar-refractivity contribution in [3.05, 3.63) is 17.8 Å². The molecule has 2 heterocycles. The molecule has 1 aromatic rings. The molecule has 1 amide bonds. The number of carbonyl (C=O) groups is 1. The van der Waals surface area contributed by atoms with Gasteiger partial charge in [-0.05, 0) is 13.0 Å². The fourth-order valence-electron chi connectivity index (χ4n) is 2.07. The van der Waals surface area contributed by atoms with Crippen molar-refractivity contribution in [1.29, 1.82) is 0 Å². The van der Waals surface area contributed by atoms with Gasteiger partial charge in [-0.2, -0.15) is 0 Å². The summed E-state index contributed by atoms with van der Waals surface area (Å²) >= 11 is 0. The number of nitrogens with zero attached hydrogens (tertiary/aromatic N) is 2. The number of rotatable bonds is 7. The van der Waals surface area contributed by atoms with Gasteiger partial charge in [0, 0.05) is 32.6 Å². The average Bonchev–Trinajstić information content (AvgIpc) is 2.94. The van der Waals surface area contributed by atoms with Gasteiger partial charge in [-0.3, -0.25) is 9.69 Å². The number of morpholine rings is 1. The maximum absolute atomic E-state index is 11.8. The normalized spacial score (nSPS) is 16.2. The standard InChI is InChI=1S/C13H22N4O3/c14-3-2-12-16-11(10-20-12)13(18)15-4-1-5-17-6-8-19-9-7-17/h10H,1-9,14H2,(H,15,18). The van der Waals surface area contributed by atoms with Crippen LogP contribution in [0.25, 0.3) is 0 Å². The fraction of sp³-hybridized carbons (Fsp3) is 0.692. The van der Waals surface area contributed by atoms with Gasteiger partial charge in [-0.15, -0.1) is 0 Å². The Balaban J connectivity index is 1.63. The summed E-state index contributed by atoms with van der Waals surface area (Å²) in [5, 5.41) is 2.84. The third-order valence-electron chi connectivity index (χ3n) is 3.18. The lowest BCUT2D eigenvalue weighted by molar-refractivity contribution is 0.0374. The highest BCUT2D eigenvalue weighted by molar-refractivity contribution is 5.91. The van der Waals surface area contributed by atoms with Crippen LogP contribution in [0.5, 0.6) is 0 Å². The molecule has 0 bridgehead atoms. The van der Waals surface area contributed by atoms with E-state index in [9.17, 15) is 4.79 Å². The zero-order valence-corrected chi connectivity index (χ0v) is 11.6. The summed E-state index contributed by atoms with van der Waals surface area (Å²) in [6.45, 7) is 5.61. The molecule has 1 aliphatic rings. The van der Waals surface area contributed by atoms with E-state index < -0.39 is 0 Å². The van der Waals surface area contributed by atoms with Gasteiger partial charge in [0.1, 0.15) is 6.26 Å². The summed E-state index contributed by atoms with van der Waals surface area (Å²) in [6, 6.07) is 0. The van der Waals surface area contributed by atoms with Crippen LogP contribution in [0.3, 0.4) is 0 Å². The SMILES string of the molecule is NCCc1nc(C(=O)NCCCN2CCOCC2)co1. The first-order chi connectivity index (χ1) is 9.79. The van der Waals surface area contributed by atoms with Crippen molar-refractivity contribution in [2.45, 2.75) is 12.8 Å². The van der Waals surface area contributed by atoms with E-state index in [2.05, 4.69) is 15.2 Å². The molecule has 1 fully saturated rings. The molecule has 1 saturated heterocycles. The first-order valence-corrected chi connectivity index (χ1v) is 7.02. The molecule has 3 N–H and O–H groups in total. The number of oxazole rings is 1. The number of nitrogens with two attached hydrogens (primary N) is 1. The van der Waals surface area contributed by atoms with Gasteiger partial charge in [0.05, 0.1) is 13.2 Å². The molecular formula is C13H22N4O3. The monoisotopic (exact) mass is 282 g/mol. The van der Waals surface area contributed by atoms with Gasteiger partial charge in [-0.1, -0.05) is 0 Å². The first-order valence-electron chi connectivity index (χ1n) is 7.02. The second-order valence-electron chi connectivity index (χ2n) is 4.73. The van der Waals surface area contributed by atoms with Crippen LogP contribution in [0.4, 0.5) is 0 Å². The van der Waals surface area contributed by atoms with Crippen LogP contribution < -0.4 is 11.1 Å². The lowest BCUT2D eigenvalue weighted by Crippen LogP contribution is -2.38. The van der Waals surface area contributed by atoms with Crippen molar-refractivity contribution in [2.24, 2.45) is 5.73 Å². The number of amides is 1. The molecule has 0 aromatic carbocycles. The van der Waals surface area contributed by atoms with E-state index in [-0.39, 0.29) is 5.91 Å². The average molecular weight is 282 g/mol. The second kappa shape index (κ2) is 7.98. The molecule has 1 aliphatic heterocycles. The van der Waals surface area contributed by atoms with Gasteiger partial charge < -0.3 is 20.2 Å². The van der Waals surface area contributed by atoms with Gasteiger partial charge in [0.25, 0.3) is 5.91 Å². The van der Waals surface area contributed by atoms with Gasteiger partial charge in [-0.25, -0.2) is 4.98 Å². The number of nitrogens with one attached hydrogen (secondary N) is 1. The van der Waals surface area contributed by atoms with Crippen molar-refractivity contribution in [2.75, 3.05) is 45.9 Å². The van der Waals surface area contributed by atoms with E-state index in [0.29, 0.717) is 31.1 Å². The highest BCUT2D eigenvalue weighted by atomic mass is 16.5. The van der Waals surface area contributed by atoms with Crippen LogP contribution in [0.2, 0.25) is 0 Å². The van der Waals surface area contributed by atoms with Crippen molar-refractivity contribution in [3.8, 4) is 0 Å². The number of aromatic nitrogens is 1. The Bertz CT molecular complexity index is 416. The summed E-state index contributed by atoms with van der Waals surface area (Å²) < 4.78 is 10.4. The lowest BCUT2D eigenvalue weighted by Gasteiger charge is -2.26.